The summed E-state index contributed by atoms with van der Waals surface area (Å²) in [6.45, 7) is 5.65. The number of nitrogens with zero attached hydrogens (tertiary/aromatic N) is 1. The van der Waals surface area contributed by atoms with Crippen molar-refractivity contribution in [2.24, 2.45) is 17.5 Å². The predicted molar refractivity (Wildman–Crippen MR) is 81.3 cm³/mol. The zero-order chi connectivity index (χ0) is 16.0. The second-order valence-corrected chi connectivity index (χ2v) is 5.22. The van der Waals surface area contributed by atoms with E-state index in [0.717, 1.165) is 18.5 Å². The molecule has 7 nitrogen and oxygen atoms in total. The predicted octanol–water partition coefficient (Wildman–Crippen LogP) is 0.559. The van der Waals surface area contributed by atoms with E-state index in [1.165, 1.54) is 6.07 Å². The molecule has 0 fully saturated rings. The fraction of sp³-hybridized carbons (Fsp3) is 0.500. The van der Waals surface area contributed by atoms with Gasteiger partial charge in [0.1, 0.15) is 11.9 Å². The van der Waals surface area contributed by atoms with E-state index in [1.54, 1.807) is 6.07 Å². The van der Waals surface area contributed by atoms with Crippen LogP contribution in [0.2, 0.25) is 0 Å². The van der Waals surface area contributed by atoms with Gasteiger partial charge in [0, 0.05) is 11.3 Å². The van der Waals surface area contributed by atoms with Crippen molar-refractivity contribution in [1.29, 1.82) is 0 Å². The fourth-order valence-electron chi connectivity index (χ4n) is 1.97. The van der Waals surface area contributed by atoms with Crippen LogP contribution in [-0.4, -0.2) is 22.8 Å². The Labute approximate surface area is 124 Å². The number of anilines is 1. The van der Waals surface area contributed by atoms with E-state index in [2.05, 4.69) is 15.7 Å². The summed E-state index contributed by atoms with van der Waals surface area (Å²) < 4.78 is 0. The molecule has 0 aromatic carbocycles. The van der Waals surface area contributed by atoms with Crippen LogP contribution in [0.3, 0.4) is 0 Å². The number of hydrogen-bond acceptors (Lipinski definition) is 5. The molecule has 1 aromatic heterocycles. The zero-order valence-electron chi connectivity index (χ0n) is 12.6. The minimum Gasteiger partial charge on any atom is -0.368 e. The molecule has 0 aliphatic carbocycles. The maximum Gasteiger partial charge on any atom is 0.252 e. The van der Waals surface area contributed by atoms with Crippen molar-refractivity contribution in [2.75, 3.05) is 5.43 Å². The molecule has 21 heavy (non-hydrogen) atoms. The van der Waals surface area contributed by atoms with E-state index in [4.69, 9.17) is 11.6 Å². The first-order valence-electron chi connectivity index (χ1n) is 6.96. The molecule has 0 saturated heterocycles. The van der Waals surface area contributed by atoms with E-state index in [-0.39, 0.29) is 11.8 Å². The SMILES string of the molecule is CCCc1cc(C(=O)NC(C(N)=O)C(C)C)cc(NN)n1. The van der Waals surface area contributed by atoms with Crippen LogP contribution in [0.1, 0.15) is 43.2 Å². The number of nitrogens with two attached hydrogens (primary N) is 2. The highest BCUT2D eigenvalue weighted by Gasteiger charge is 2.22. The third-order valence-corrected chi connectivity index (χ3v) is 3.05. The number of rotatable bonds is 7. The molecule has 116 valence electrons. The number of hydrogen-bond donors (Lipinski definition) is 4. The molecule has 0 saturated carbocycles. The molecule has 0 radical (unpaired) electrons. The van der Waals surface area contributed by atoms with Gasteiger partial charge in [-0.3, -0.25) is 9.59 Å². The largest absolute Gasteiger partial charge is 0.368 e. The van der Waals surface area contributed by atoms with Crippen molar-refractivity contribution in [2.45, 2.75) is 39.7 Å². The van der Waals surface area contributed by atoms with Crippen LogP contribution in [-0.2, 0) is 11.2 Å². The average Bonchev–Trinajstić information content (AvgIpc) is 2.43. The zero-order valence-corrected chi connectivity index (χ0v) is 12.6. The van der Waals surface area contributed by atoms with Crippen LogP contribution < -0.4 is 22.3 Å². The first kappa shape index (κ1) is 16.9. The number of primary amides is 1. The highest BCUT2D eigenvalue weighted by molar-refractivity contribution is 5.98. The summed E-state index contributed by atoms with van der Waals surface area (Å²) in [6, 6.07) is 2.51. The number of carbonyl (C=O) groups is 2. The Morgan fingerprint density at radius 1 is 1.33 bits per heavy atom. The molecule has 6 N–H and O–H groups in total. The van der Waals surface area contributed by atoms with E-state index in [1.807, 2.05) is 20.8 Å². The van der Waals surface area contributed by atoms with Crippen LogP contribution in [0.4, 0.5) is 5.82 Å². The quantitative estimate of drug-likeness (QED) is 0.432. The van der Waals surface area contributed by atoms with Crippen molar-refractivity contribution in [1.82, 2.24) is 10.3 Å². The van der Waals surface area contributed by atoms with Crippen LogP contribution in [0, 0.1) is 5.92 Å². The third kappa shape index (κ3) is 4.71. The van der Waals surface area contributed by atoms with Gasteiger partial charge in [-0.15, -0.1) is 0 Å². The third-order valence-electron chi connectivity index (χ3n) is 3.05. The molecule has 0 aliphatic rings. The lowest BCUT2D eigenvalue weighted by molar-refractivity contribution is -0.120. The first-order valence-corrected chi connectivity index (χ1v) is 6.96. The normalized spacial score (nSPS) is 12.0. The topological polar surface area (TPSA) is 123 Å². The van der Waals surface area contributed by atoms with Gasteiger partial charge in [-0.25, -0.2) is 10.8 Å². The summed E-state index contributed by atoms with van der Waals surface area (Å²) in [5.74, 6) is 4.76. The molecular formula is C14H23N5O2. The van der Waals surface area contributed by atoms with Crippen LogP contribution >= 0.6 is 0 Å². The van der Waals surface area contributed by atoms with Gasteiger partial charge >= 0.3 is 0 Å². The van der Waals surface area contributed by atoms with E-state index >= 15 is 0 Å². The lowest BCUT2D eigenvalue weighted by Gasteiger charge is -2.19. The second kappa shape index (κ2) is 7.58. The standard InChI is InChI=1S/C14H23N5O2/c1-4-5-10-6-9(7-11(17-10)19-16)14(21)18-12(8(2)3)13(15)20/h6-8,12H,4-5,16H2,1-3H3,(H2,15,20)(H,17,19)(H,18,21). The van der Waals surface area contributed by atoms with Crippen molar-refractivity contribution in [3.05, 3.63) is 23.4 Å². The van der Waals surface area contributed by atoms with Gasteiger partial charge in [-0.05, 0) is 24.5 Å². The molecule has 2 amide bonds. The van der Waals surface area contributed by atoms with Crippen molar-refractivity contribution in [3.8, 4) is 0 Å². The maximum atomic E-state index is 12.3. The van der Waals surface area contributed by atoms with E-state index in [0.29, 0.717) is 11.4 Å². The molecule has 0 aliphatic heterocycles. The molecule has 1 heterocycles. The number of hydrazine groups is 1. The molecule has 0 spiro atoms. The van der Waals surface area contributed by atoms with Gasteiger partial charge in [0.2, 0.25) is 5.91 Å². The summed E-state index contributed by atoms with van der Waals surface area (Å²) >= 11 is 0. The fourth-order valence-corrected chi connectivity index (χ4v) is 1.97. The van der Waals surface area contributed by atoms with Gasteiger partial charge in [-0.1, -0.05) is 27.2 Å². The summed E-state index contributed by atoms with van der Waals surface area (Å²) in [5, 5.41) is 2.64. The van der Waals surface area contributed by atoms with E-state index < -0.39 is 11.9 Å². The number of amides is 2. The number of nitrogen functional groups attached to an aromatic ring is 1. The van der Waals surface area contributed by atoms with Crippen LogP contribution in [0.5, 0.6) is 0 Å². The number of carbonyl (C=O) groups excluding carboxylic acids is 2. The molecule has 1 rings (SSSR count). The Kier molecular flexibility index (Phi) is 6.10. The summed E-state index contributed by atoms with van der Waals surface area (Å²) in [5.41, 5.74) is 8.90. The maximum absolute atomic E-state index is 12.3. The second-order valence-electron chi connectivity index (χ2n) is 5.22. The lowest BCUT2D eigenvalue weighted by atomic mass is 10.0. The minimum atomic E-state index is -0.713. The van der Waals surface area contributed by atoms with Gasteiger partial charge in [0.25, 0.3) is 5.91 Å². The lowest BCUT2D eigenvalue weighted by Crippen LogP contribution is -2.47. The Morgan fingerprint density at radius 3 is 2.48 bits per heavy atom. The Hall–Kier alpha value is -2.15. The average molecular weight is 293 g/mol. The number of aromatic nitrogens is 1. The van der Waals surface area contributed by atoms with E-state index in [9.17, 15) is 9.59 Å². The number of nitrogens with one attached hydrogen (secondary N) is 2. The first-order chi connectivity index (χ1) is 9.88. The van der Waals surface area contributed by atoms with Crippen LogP contribution in [0.25, 0.3) is 0 Å². The molecule has 1 unspecified atom stereocenters. The van der Waals surface area contributed by atoms with Gasteiger partial charge in [0.05, 0.1) is 0 Å². The molecule has 1 atom stereocenters. The highest BCUT2D eigenvalue weighted by atomic mass is 16.2. The molecule has 7 heteroatoms. The Balaban J connectivity index is 3.00. The van der Waals surface area contributed by atoms with Crippen LogP contribution in [0.15, 0.2) is 12.1 Å². The van der Waals surface area contributed by atoms with Crippen molar-refractivity contribution >= 4 is 17.6 Å². The molecule has 1 aromatic rings. The van der Waals surface area contributed by atoms with Crippen molar-refractivity contribution in [3.63, 3.8) is 0 Å². The Morgan fingerprint density at radius 2 is 2.00 bits per heavy atom. The van der Waals surface area contributed by atoms with Gasteiger partial charge in [-0.2, -0.15) is 0 Å². The van der Waals surface area contributed by atoms with Gasteiger partial charge in [0.15, 0.2) is 0 Å². The smallest absolute Gasteiger partial charge is 0.252 e. The Bertz CT molecular complexity index is 516. The minimum absolute atomic E-state index is 0.0875. The number of aryl methyl sites for hydroxylation is 1. The molecule has 0 bridgehead atoms. The van der Waals surface area contributed by atoms with Crippen molar-refractivity contribution < 1.29 is 9.59 Å². The summed E-state index contributed by atoms with van der Waals surface area (Å²) in [4.78, 5) is 27.9. The molecular weight excluding hydrogens is 270 g/mol. The number of pyridine rings is 1. The summed E-state index contributed by atoms with van der Waals surface area (Å²) in [6.07, 6.45) is 1.64. The monoisotopic (exact) mass is 293 g/mol. The summed E-state index contributed by atoms with van der Waals surface area (Å²) in [7, 11) is 0. The highest BCUT2D eigenvalue weighted by Crippen LogP contribution is 2.12. The van der Waals surface area contributed by atoms with Gasteiger partial charge < -0.3 is 16.5 Å².